The van der Waals surface area contributed by atoms with Gasteiger partial charge in [-0.05, 0) is 24.6 Å². The maximum absolute atomic E-state index is 5.68. The Morgan fingerprint density at radius 1 is 0.826 bits per heavy atom. The van der Waals surface area contributed by atoms with Crippen LogP contribution in [0.25, 0.3) is 0 Å². The van der Waals surface area contributed by atoms with E-state index >= 15 is 0 Å². The van der Waals surface area contributed by atoms with Crippen LogP contribution in [-0.2, 0) is 0 Å². The summed E-state index contributed by atoms with van der Waals surface area (Å²) >= 11 is 0. The molecule has 23 heavy (non-hydrogen) atoms. The number of hydrogen-bond donors (Lipinski definition) is 1. The van der Waals surface area contributed by atoms with Gasteiger partial charge < -0.3 is 9.73 Å². The fourth-order valence-corrected chi connectivity index (χ4v) is 3.05. The van der Waals surface area contributed by atoms with E-state index in [1.807, 2.05) is 6.07 Å². The topological polar surface area (TPSA) is 29.8 Å². The van der Waals surface area contributed by atoms with Crippen molar-refractivity contribution >= 4 is 0 Å². The van der Waals surface area contributed by atoms with Gasteiger partial charge in [0.1, 0.15) is 11.8 Å². The SMILES string of the molecule is C[C@@H]([NH2+]CC[C@H](c1ccccc1)c1ccco1)c1ccccc1. The van der Waals surface area contributed by atoms with Crippen LogP contribution in [0, 0.1) is 0 Å². The van der Waals surface area contributed by atoms with Crippen molar-refractivity contribution in [1.29, 1.82) is 0 Å². The normalized spacial score (nSPS) is 13.6. The fraction of sp³-hybridized carbons (Fsp3) is 0.238. The summed E-state index contributed by atoms with van der Waals surface area (Å²) in [6.07, 6.45) is 2.83. The zero-order chi connectivity index (χ0) is 15.9. The molecule has 0 saturated heterocycles. The van der Waals surface area contributed by atoms with Crippen LogP contribution in [-0.4, -0.2) is 6.54 Å². The van der Waals surface area contributed by atoms with Gasteiger partial charge in [-0.25, -0.2) is 0 Å². The van der Waals surface area contributed by atoms with Gasteiger partial charge in [-0.2, -0.15) is 0 Å². The number of quaternary nitrogens is 1. The quantitative estimate of drug-likeness (QED) is 0.699. The van der Waals surface area contributed by atoms with Crippen molar-refractivity contribution in [2.45, 2.75) is 25.3 Å². The van der Waals surface area contributed by atoms with Crippen molar-refractivity contribution in [2.24, 2.45) is 0 Å². The maximum Gasteiger partial charge on any atom is 0.111 e. The third-order valence-corrected chi connectivity index (χ3v) is 4.39. The van der Waals surface area contributed by atoms with Crippen LogP contribution in [0.5, 0.6) is 0 Å². The first kappa shape index (κ1) is 15.6. The molecule has 2 aromatic carbocycles. The van der Waals surface area contributed by atoms with E-state index in [2.05, 4.69) is 79.0 Å². The Hall–Kier alpha value is -2.32. The highest BCUT2D eigenvalue weighted by Gasteiger charge is 2.18. The van der Waals surface area contributed by atoms with Crippen LogP contribution in [0.15, 0.2) is 83.5 Å². The third-order valence-electron chi connectivity index (χ3n) is 4.39. The molecule has 0 aliphatic rings. The van der Waals surface area contributed by atoms with Crippen molar-refractivity contribution in [3.05, 3.63) is 95.9 Å². The fourth-order valence-electron chi connectivity index (χ4n) is 3.05. The number of rotatable bonds is 7. The molecular weight excluding hydrogens is 282 g/mol. The van der Waals surface area contributed by atoms with Crippen LogP contribution < -0.4 is 5.32 Å². The molecule has 0 amide bonds. The molecule has 0 spiro atoms. The minimum atomic E-state index is 0.324. The second-order valence-corrected chi connectivity index (χ2v) is 5.99. The van der Waals surface area contributed by atoms with Crippen LogP contribution in [0.3, 0.4) is 0 Å². The van der Waals surface area contributed by atoms with Crippen molar-refractivity contribution < 1.29 is 9.73 Å². The first-order valence-corrected chi connectivity index (χ1v) is 8.31. The largest absolute Gasteiger partial charge is 0.469 e. The molecule has 3 rings (SSSR count). The number of furan rings is 1. The summed E-state index contributed by atoms with van der Waals surface area (Å²) in [6, 6.07) is 25.8. The second kappa shape index (κ2) is 7.80. The predicted octanol–water partition coefficient (Wildman–Crippen LogP) is 4.13. The van der Waals surface area contributed by atoms with Gasteiger partial charge in [0, 0.05) is 17.9 Å². The van der Waals surface area contributed by atoms with Crippen LogP contribution in [0.4, 0.5) is 0 Å². The molecule has 2 heteroatoms. The molecule has 0 aliphatic carbocycles. The van der Waals surface area contributed by atoms with Gasteiger partial charge in [-0.15, -0.1) is 0 Å². The maximum atomic E-state index is 5.68. The van der Waals surface area contributed by atoms with E-state index in [1.165, 1.54) is 11.1 Å². The smallest absolute Gasteiger partial charge is 0.111 e. The van der Waals surface area contributed by atoms with Crippen LogP contribution >= 0.6 is 0 Å². The van der Waals surface area contributed by atoms with Crippen LogP contribution in [0.2, 0.25) is 0 Å². The van der Waals surface area contributed by atoms with Crippen molar-refractivity contribution in [2.75, 3.05) is 6.54 Å². The highest BCUT2D eigenvalue weighted by atomic mass is 16.3. The molecule has 0 bridgehead atoms. The lowest BCUT2D eigenvalue weighted by Crippen LogP contribution is -2.84. The Morgan fingerprint density at radius 2 is 1.48 bits per heavy atom. The summed E-state index contributed by atoms with van der Waals surface area (Å²) in [7, 11) is 0. The first-order valence-electron chi connectivity index (χ1n) is 8.31. The van der Waals surface area contributed by atoms with Gasteiger partial charge in [-0.1, -0.05) is 60.7 Å². The number of nitrogens with two attached hydrogens (primary N) is 1. The highest BCUT2D eigenvalue weighted by Crippen LogP contribution is 2.27. The molecule has 2 atom stereocenters. The lowest BCUT2D eigenvalue weighted by atomic mass is 9.93. The van der Waals surface area contributed by atoms with Gasteiger partial charge in [-0.3, -0.25) is 0 Å². The Kier molecular flexibility index (Phi) is 5.28. The number of hydrogen-bond acceptors (Lipinski definition) is 1. The summed E-state index contributed by atoms with van der Waals surface area (Å²) in [5.41, 5.74) is 2.70. The van der Waals surface area contributed by atoms with Crippen LogP contribution in [0.1, 0.15) is 42.2 Å². The monoisotopic (exact) mass is 306 g/mol. The molecule has 1 heterocycles. The molecule has 2 nitrogen and oxygen atoms in total. The summed E-state index contributed by atoms with van der Waals surface area (Å²) in [5, 5.41) is 2.41. The third kappa shape index (κ3) is 4.11. The number of benzene rings is 2. The second-order valence-electron chi connectivity index (χ2n) is 5.99. The van der Waals surface area contributed by atoms with E-state index in [0.717, 1.165) is 18.7 Å². The molecule has 0 saturated carbocycles. The summed E-state index contributed by atoms with van der Waals surface area (Å²) in [5.74, 6) is 1.38. The molecule has 3 aromatic rings. The van der Waals surface area contributed by atoms with Gasteiger partial charge >= 0.3 is 0 Å². The minimum absolute atomic E-state index is 0.324. The lowest BCUT2D eigenvalue weighted by molar-refractivity contribution is -0.693. The summed E-state index contributed by atoms with van der Waals surface area (Å²) in [4.78, 5) is 0. The molecular formula is C21H24NO+. The molecule has 1 aromatic heterocycles. The van der Waals surface area contributed by atoms with E-state index in [1.54, 1.807) is 6.26 Å². The molecule has 0 unspecified atom stereocenters. The predicted molar refractivity (Wildman–Crippen MR) is 93.3 cm³/mol. The van der Waals surface area contributed by atoms with Gasteiger partial charge in [0.15, 0.2) is 0 Å². The highest BCUT2D eigenvalue weighted by molar-refractivity contribution is 5.27. The van der Waals surface area contributed by atoms with Gasteiger partial charge in [0.2, 0.25) is 0 Å². The van der Waals surface area contributed by atoms with E-state index < -0.39 is 0 Å². The van der Waals surface area contributed by atoms with Gasteiger partial charge in [0.25, 0.3) is 0 Å². The van der Waals surface area contributed by atoms with Gasteiger partial charge in [0.05, 0.1) is 12.8 Å². The summed E-state index contributed by atoms with van der Waals surface area (Å²) < 4.78 is 5.68. The minimum Gasteiger partial charge on any atom is -0.469 e. The lowest BCUT2D eigenvalue weighted by Gasteiger charge is -2.16. The van der Waals surface area contributed by atoms with Crippen molar-refractivity contribution in [1.82, 2.24) is 0 Å². The molecule has 0 radical (unpaired) electrons. The zero-order valence-corrected chi connectivity index (χ0v) is 13.6. The average Bonchev–Trinajstić information content (AvgIpc) is 3.14. The molecule has 118 valence electrons. The molecule has 0 aliphatic heterocycles. The standard InChI is InChI=1S/C21H23NO/c1-17(18-9-4-2-5-10-18)22-15-14-20(21-13-8-16-23-21)19-11-6-3-7-12-19/h2-13,16-17,20,22H,14-15H2,1H3/p+1/t17-,20-/m1/s1. The Morgan fingerprint density at radius 3 is 2.09 bits per heavy atom. The van der Waals surface area contributed by atoms with E-state index in [9.17, 15) is 0 Å². The Bertz CT molecular complexity index is 676. The Labute approximate surface area is 138 Å². The van der Waals surface area contributed by atoms with E-state index in [0.29, 0.717) is 12.0 Å². The van der Waals surface area contributed by atoms with E-state index in [-0.39, 0.29) is 0 Å². The first-order chi connectivity index (χ1) is 11.3. The zero-order valence-electron chi connectivity index (χ0n) is 13.6. The average molecular weight is 306 g/mol. The van der Waals surface area contributed by atoms with E-state index in [4.69, 9.17) is 4.42 Å². The van der Waals surface area contributed by atoms with Crippen molar-refractivity contribution in [3.8, 4) is 0 Å². The molecule has 2 N–H and O–H groups in total. The molecule has 0 fully saturated rings. The summed E-state index contributed by atoms with van der Waals surface area (Å²) in [6.45, 7) is 3.33. The van der Waals surface area contributed by atoms with Crippen molar-refractivity contribution in [3.63, 3.8) is 0 Å². The Balaban J connectivity index is 1.64.